The molecule has 1 saturated carbocycles. The Morgan fingerprint density at radius 2 is 2.28 bits per heavy atom. The Morgan fingerprint density at radius 1 is 1.61 bits per heavy atom. The van der Waals surface area contributed by atoms with Gasteiger partial charge in [0, 0.05) is 26.1 Å². The van der Waals surface area contributed by atoms with E-state index in [0.717, 1.165) is 0 Å². The standard InChI is InChI=1S/C12H14F2N2O2/c1-7-8(6-16(2)15-7)9(17)5-12(11(13)14)4-3-10(12)18/h6,11H,3-5H2,1-2H3. The number of rotatable bonds is 4. The maximum absolute atomic E-state index is 13.0. The highest BCUT2D eigenvalue weighted by molar-refractivity contribution is 6.02. The second-order valence-electron chi connectivity index (χ2n) is 4.78. The summed E-state index contributed by atoms with van der Waals surface area (Å²) in [4.78, 5) is 23.4. The second-order valence-corrected chi connectivity index (χ2v) is 4.78. The average molecular weight is 256 g/mol. The predicted molar refractivity (Wildman–Crippen MR) is 59.6 cm³/mol. The van der Waals surface area contributed by atoms with Gasteiger partial charge in [-0.1, -0.05) is 0 Å². The van der Waals surface area contributed by atoms with Crippen LogP contribution in [0.5, 0.6) is 0 Å². The number of carbonyl (C=O) groups excluding carboxylic acids is 2. The Morgan fingerprint density at radius 3 is 2.61 bits per heavy atom. The van der Waals surface area contributed by atoms with Crippen LogP contribution in [-0.4, -0.2) is 27.8 Å². The van der Waals surface area contributed by atoms with E-state index in [1.165, 1.54) is 10.9 Å². The zero-order valence-corrected chi connectivity index (χ0v) is 10.2. The van der Waals surface area contributed by atoms with Gasteiger partial charge in [0.05, 0.1) is 16.7 Å². The van der Waals surface area contributed by atoms with Crippen molar-refractivity contribution < 1.29 is 18.4 Å². The largest absolute Gasteiger partial charge is 0.299 e. The summed E-state index contributed by atoms with van der Waals surface area (Å²) in [7, 11) is 1.65. The molecule has 1 aromatic rings. The topological polar surface area (TPSA) is 52.0 Å². The smallest absolute Gasteiger partial charge is 0.251 e. The first-order valence-electron chi connectivity index (χ1n) is 5.72. The number of hydrogen-bond acceptors (Lipinski definition) is 3. The number of nitrogens with zero attached hydrogens (tertiary/aromatic N) is 2. The van der Waals surface area contributed by atoms with E-state index >= 15 is 0 Å². The molecular weight excluding hydrogens is 242 g/mol. The molecular formula is C12H14F2N2O2. The SMILES string of the molecule is Cc1nn(C)cc1C(=O)CC1(C(F)F)CCC1=O. The van der Waals surface area contributed by atoms with Crippen LogP contribution in [-0.2, 0) is 11.8 Å². The quantitative estimate of drug-likeness (QED) is 0.773. The minimum atomic E-state index is -2.78. The van der Waals surface area contributed by atoms with Crippen molar-refractivity contribution in [3.05, 3.63) is 17.5 Å². The molecule has 6 heteroatoms. The Hall–Kier alpha value is -1.59. The van der Waals surface area contributed by atoms with E-state index in [1.54, 1.807) is 14.0 Å². The number of aromatic nitrogens is 2. The molecule has 1 aliphatic carbocycles. The van der Waals surface area contributed by atoms with Crippen molar-refractivity contribution in [1.29, 1.82) is 0 Å². The zero-order valence-electron chi connectivity index (χ0n) is 10.2. The molecule has 1 atom stereocenters. The lowest BCUT2D eigenvalue weighted by Gasteiger charge is -2.38. The predicted octanol–water partition coefficient (Wildman–Crippen LogP) is 1.92. The summed E-state index contributed by atoms with van der Waals surface area (Å²) in [6.07, 6.45) is -1.46. The van der Waals surface area contributed by atoms with Gasteiger partial charge in [-0.05, 0) is 13.3 Å². The first-order chi connectivity index (χ1) is 8.36. The van der Waals surface area contributed by atoms with Gasteiger partial charge in [0.25, 0.3) is 6.43 Å². The van der Waals surface area contributed by atoms with Crippen molar-refractivity contribution >= 4 is 11.6 Å². The summed E-state index contributed by atoms with van der Waals surface area (Å²) in [5.74, 6) is -0.943. The number of aryl methyl sites for hydroxylation is 2. The third-order valence-corrected chi connectivity index (χ3v) is 3.56. The molecule has 1 aromatic heterocycles. The van der Waals surface area contributed by atoms with Crippen LogP contribution in [0.1, 0.15) is 35.3 Å². The molecule has 1 unspecified atom stereocenters. The second kappa shape index (κ2) is 4.26. The summed E-state index contributed by atoms with van der Waals surface area (Å²) in [5, 5.41) is 3.99. The molecule has 0 saturated heterocycles. The number of hydrogen-bond donors (Lipinski definition) is 0. The lowest BCUT2D eigenvalue weighted by Crippen LogP contribution is -2.48. The van der Waals surface area contributed by atoms with Gasteiger partial charge < -0.3 is 0 Å². The third-order valence-electron chi connectivity index (χ3n) is 3.56. The molecule has 98 valence electrons. The number of Topliss-reactive ketones (excluding diaryl/α,β-unsaturated/α-hetero) is 2. The molecule has 0 spiro atoms. The zero-order chi connectivity index (χ0) is 13.5. The van der Waals surface area contributed by atoms with Gasteiger partial charge in [-0.3, -0.25) is 14.3 Å². The van der Waals surface area contributed by atoms with Gasteiger partial charge in [0.15, 0.2) is 5.78 Å². The number of ketones is 2. The molecule has 1 aliphatic rings. The van der Waals surface area contributed by atoms with E-state index in [2.05, 4.69) is 5.10 Å². The lowest BCUT2D eigenvalue weighted by molar-refractivity contribution is -0.151. The molecule has 0 amide bonds. The van der Waals surface area contributed by atoms with Crippen LogP contribution < -0.4 is 0 Å². The van der Waals surface area contributed by atoms with Crippen molar-refractivity contribution in [3.63, 3.8) is 0 Å². The Kier molecular flexibility index (Phi) is 3.04. The first kappa shape index (κ1) is 12.9. The Balaban J connectivity index is 2.21. The number of carbonyl (C=O) groups is 2. The summed E-state index contributed by atoms with van der Waals surface area (Å²) in [6, 6.07) is 0. The van der Waals surface area contributed by atoms with Gasteiger partial charge in [-0.2, -0.15) is 5.10 Å². The fourth-order valence-corrected chi connectivity index (χ4v) is 2.30. The Labute approximate surface area is 103 Å². The minimum Gasteiger partial charge on any atom is -0.299 e. The van der Waals surface area contributed by atoms with Crippen LogP contribution >= 0.6 is 0 Å². The summed E-state index contributed by atoms with van der Waals surface area (Å²) in [6.45, 7) is 1.64. The monoisotopic (exact) mass is 256 g/mol. The molecule has 1 heterocycles. The third kappa shape index (κ3) is 1.85. The molecule has 0 N–H and O–H groups in total. The van der Waals surface area contributed by atoms with Gasteiger partial charge in [-0.15, -0.1) is 0 Å². The van der Waals surface area contributed by atoms with Crippen molar-refractivity contribution in [2.45, 2.75) is 32.6 Å². The molecule has 0 aromatic carbocycles. The van der Waals surface area contributed by atoms with Crippen molar-refractivity contribution in [3.8, 4) is 0 Å². The Bertz CT molecular complexity index is 510. The van der Waals surface area contributed by atoms with Gasteiger partial charge in [-0.25, -0.2) is 8.78 Å². The maximum atomic E-state index is 13.0. The number of halogens is 2. The van der Waals surface area contributed by atoms with Gasteiger partial charge >= 0.3 is 0 Å². The molecule has 0 aliphatic heterocycles. The van der Waals surface area contributed by atoms with Crippen molar-refractivity contribution in [1.82, 2.24) is 9.78 Å². The molecule has 18 heavy (non-hydrogen) atoms. The van der Waals surface area contributed by atoms with Crippen molar-refractivity contribution in [2.75, 3.05) is 0 Å². The molecule has 4 nitrogen and oxygen atoms in total. The molecule has 1 fully saturated rings. The lowest BCUT2D eigenvalue weighted by atomic mass is 9.64. The van der Waals surface area contributed by atoms with Crippen LogP contribution in [0.25, 0.3) is 0 Å². The normalized spacial score (nSPS) is 23.3. The van der Waals surface area contributed by atoms with Crippen LogP contribution in [0.15, 0.2) is 6.20 Å². The fraction of sp³-hybridized carbons (Fsp3) is 0.583. The van der Waals surface area contributed by atoms with E-state index in [4.69, 9.17) is 0 Å². The van der Waals surface area contributed by atoms with E-state index in [9.17, 15) is 18.4 Å². The summed E-state index contributed by atoms with van der Waals surface area (Å²) in [5.41, 5.74) is -0.935. The molecule has 0 bridgehead atoms. The highest BCUT2D eigenvalue weighted by Crippen LogP contribution is 2.46. The highest BCUT2D eigenvalue weighted by atomic mass is 19.3. The van der Waals surface area contributed by atoms with E-state index in [1.807, 2.05) is 0 Å². The van der Waals surface area contributed by atoms with Gasteiger partial charge in [0.2, 0.25) is 0 Å². The van der Waals surface area contributed by atoms with E-state index < -0.39 is 29.8 Å². The minimum absolute atomic E-state index is 0.0918. The number of alkyl halides is 2. The fourth-order valence-electron chi connectivity index (χ4n) is 2.30. The first-order valence-corrected chi connectivity index (χ1v) is 5.72. The summed E-state index contributed by atoms with van der Waals surface area (Å²) < 4.78 is 27.4. The van der Waals surface area contributed by atoms with Gasteiger partial charge in [0.1, 0.15) is 5.78 Å². The van der Waals surface area contributed by atoms with Crippen LogP contribution in [0, 0.1) is 12.3 Å². The average Bonchev–Trinajstić information content (AvgIpc) is 2.62. The van der Waals surface area contributed by atoms with Crippen LogP contribution in [0.3, 0.4) is 0 Å². The highest BCUT2D eigenvalue weighted by Gasteiger charge is 2.54. The van der Waals surface area contributed by atoms with E-state index in [-0.39, 0.29) is 12.8 Å². The van der Waals surface area contributed by atoms with E-state index in [0.29, 0.717) is 11.3 Å². The molecule has 0 radical (unpaired) electrons. The van der Waals surface area contributed by atoms with Crippen LogP contribution in [0.4, 0.5) is 8.78 Å². The maximum Gasteiger partial charge on any atom is 0.251 e. The summed E-state index contributed by atoms with van der Waals surface area (Å²) >= 11 is 0. The molecule has 2 rings (SSSR count). The van der Waals surface area contributed by atoms with Crippen LogP contribution in [0.2, 0.25) is 0 Å². The van der Waals surface area contributed by atoms with Crippen molar-refractivity contribution in [2.24, 2.45) is 12.5 Å².